The van der Waals surface area contributed by atoms with E-state index in [1.165, 1.54) is 51.0 Å². The molecule has 0 aliphatic rings. The Morgan fingerprint density at radius 1 is 0.795 bits per heavy atom. The summed E-state index contributed by atoms with van der Waals surface area (Å²) >= 11 is 0. The second-order valence-corrected chi connectivity index (χ2v) is 12.0. The molecule has 1 aromatic heterocycles. The van der Waals surface area contributed by atoms with Crippen LogP contribution in [0.3, 0.4) is 0 Å². The molecule has 0 aliphatic carbocycles. The van der Waals surface area contributed by atoms with Crippen molar-refractivity contribution < 1.29 is 33.4 Å². The fourth-order valence-corrected chi connectivity index (χ4v) is 4.73. The van der Waals surface area contributed by atoms with Crippen molar-refractivity contribution in [3.8, 4) is 28.6 Å². The molecule has 8 heteroatoms. The Morgan fingerprint density at radius 3 is 2.02 bits per heavy atom. The van der Waals surface area contributed by atoms with Gasteiger partial charge in [0.05, 0.1) is 12.7 Å². The van der Waals surface area contributed by atoms with Gasteiger partial charge in [0.25, 0.3) is 0 Å². The molecule has 0 saturated carbocycles. The first-order valence-electron chi connectivity index (χ1n) is 16.2. The highest BCUT2D eigenvalue weighted by Crippen LogP contribution is 2.25. The van der Waals surface area contributed by atoms with Gasteiger partial charge in [-0.2, -0.15) is 0 Å². The van der Waals surface area contributed by atoms with Gasteiger partial charge in [-0.3, -0.25) is 4.79 Å². The SMILES string of the molecule is CCCCCCCCCCOc1ccc(-c2cc(C(=O)Oc3ccc(OC(=O)C[C@H](C)CC[C@H](O)C(C)C)cc3)no2)cc1. The van der Waals surface area contributed by atoms with E-state index in [-0.39, 0.29) is 41.8 Å². The van der Waals surface area contributed by atoms with Crippen molar-refractivity contribution in [1.82, 2.24) is 5.16 Å². The number of carbonyl (C=O) groups excluding carboxylic acids is 2. The Bertz CT molecular complexity index is 1250. The fraction of sp³-hybridized carbons (Fsp3) is 0.528. The lowest BCUT2D eigenvalue weighted by atomic mass is 9.95. The van der Waals surface area contributed by atoms with Gasteiger partial charge in [-0.15, -0.1) is 0 Å². The van der Waals surface area contributed by atoms with Gasteiger partial charge >= 0.3 is 11.9 Å². The average molecular weight is 608 g/mol. The van der Waals surface area contributed by atoms with Gasteiger partial charge < -0.3 is 23.8 Å². The third-order valence-corrected chi connectivity index (χ3v) is 7.63. The lowest BCUT2D eigenvalue weighted by molar-refractivity contribution is -0.135. The van der Waals surface area contributed by atoms with E-state index < -0.39 is 5.97 Å². The zero-order valence-corrected chi connectivity index (χ0v) is 26.8. The molecule has 3 rings (SSSR count). The molecule has 240 valence electrons. The molecule has 44 heavy (non-hydrogen) atoms. The smallest absolute Gasteiger partial charge is 0.365 e. The van der Waals surface area contributed by atoms with Crippen LogP contribution in [0.15, 0.2) is 59.1 Å². The van der Waals surface area contributed by atoms with Crippen LogP contribution in [-0.4, -0.2) is 34.9 Å². The first-order chi connectivity index (χ1) is 21.2. The van der Waals surface area contributed by atoms with Crippen molar-refractivity contribution in [3.05, 3.63) is 60.3 Å². The molecule has 0 aliphatic heterocycles. The molecule has 0 fully saturated rings. The van der Waals surface area contributed by atoms with Crippen LogP contribution in [0.5, 0.6) is 17.2 Å². The Kier molecular flexibility index (Phi) is 15.0. The average Bonchev–Trinajstić information content (AvgIpc) is 3.51. The van der Waals surface area contributed by atoms with Crippen molar-refractivity contribution in [2.75, 3.05) is 6.61 Å². The molecule has 1 heterocycles. The molecule has 1 N–H and O–H groups in total. The molecule has 0 spiro atoms. The van der Waals surface area contributed by atoms with E-state index in [0.717, 1.165) is 24.2 Å². The second kappa shape index (κ2) is 18.9. The van der Waals surface area contributed by atoms with Gasteiger partial charge in [-0.1, -0.05) is 77.8 Å². The minimum Gasteiger partial charge on any atom is -0.494 e. The largest absolute Gasteiger partial charge is 0.494 e. The van der Waals surface area contributed by atoms with Crippen LogP contribution in [0.1, 0.15) is 109 Å². The topological polar surface area (TPSA) is 108 Å². The molecule has 0 saturated heterocycles. The van der Waals surface area contributed by atoms with Crippen molar-refractivity contribution >= 4 is 11.9 Å². The first kappa shape index (κ1) is 34.8. The van der Waals surface area contributed by atoms with Crippen LogP contribution >= 0.6 is 0 Å². The molecule has 8 nitrogen and oxygen atoms in total. The summed E-state index contributed by atoms with van der Waals surface area (Å²) < 4.78 is 22.1. The summed E-state index contributed by atoms with van der Waals surface area (Å²) in [7, 11) is 0. The van der Waals surface area contributed by atoms with Gasteiger partial charge in [0.1, 0.15) is 17.2 Å². The minimum atomic E-state index is -0.660. The normalized spacial score (nSPS) is 12.6. The molecular formula is C36H49NO7. The summed E-state index contributed by atoms with van der Waals surface area (Å²) in [5.74, 6) is 1.17. The number of esters is 2. The Morgan fingerprint density at radius 2 is 1.39 bits per heavy atom. The van der Waals surface area contributed by atoms with Crippen molar-refractivity contribution in [1.29, 1.82) is 0 Å². The van der Waals surface area contributed by atoms with Gasteiger partial charge in [-0.05, 0) is 79.6 Å². The second-order valence-electron chi connectivity index (χ2n) is 12.0. The number of rotatable bonds is 20. The number of carbonyl (C=O) groups is 2. The zero-order valence-electron chi connectivity index (χ0n) is 26.8. The monoisotopic (exact) mass is 607 g/mol. The predicted molar refractivity (Wildman–Crippen MR) is 171 cm³/mol. The summed E-state index contributed by atoms with van der Waals surface area (Å²) in [4.78, 5) is 24.9. The summed E-state index contributed by atoms with van der Waals surface area (Å²) in [6.07, 6.45) is 11.4. The highest BCUT2D eigenvalue weighted by Gasteiger charge is 2.18. The van der Waals surface area contributed by atoms with E-state index in [9.17, 15) is 14.7 Å². The summed E-state index contributed by atoms with van der Waals surface area (Å²) in [5, 5.41) is 13.8. The van der Waals surface area contributed by atoms with Gasteiger partial charge in [-0.25, -0.2) is 4.79 Å². The van der Waals surface area contributed by atoms with Gasteiger partial charge in [0.15, 0.2) is 11.5 Å². The first-order valence-corrected chi connectivity index (χ1v) is 16.2. The summed E-state index contributed by atoms with van der Waals surface area (Å²) in [6, 6.07) is 15.3. The van der Waals surface area contributed by atoms with Crippen molar-refractivity contribution in [3.63, 3.8) is 0 Å². The third-order valence-electron chi connectivity index (χ3n) is 7.63. The Balaban J connectivity index is 1.39. The summed E-state index contributed by atoms with van der Waals surface area (Å²) in [5.41, 5.74) is 0.815. The molecule has 0 amide bonds. The maximum Gasteiger partial charge on any atom is 0.365 e. The van der Waals surface area contributed by atoms with Gasteiger partial charge in [0, 0.05) is 18.1 Å². The highest BCUT2D eigenvalue weighted by atomic mass is 16.5. The maximum atomic E-state index is 12.6. The Labute approximate surface area is 262 Å². The highest BCUT2D eigenvalue weighted by molar-refractivity contribution is 5.90. The lowest BCUT2D eigenvalue weighted by Crippen LogP contribution is -2.17. The molecular weight excluding hydrogens is 558 g/mol. The van der Waals surface area contributed by atoms with Crippen LogP contribution in [0, 0.1) is 11.8 Å². The van der Waals surface area contributed by atoms with E-state index in [1.54, 1.807) is 24.3 Å². The van der Waals surface area contributed by atoms with Crippen LogP contribution in [0.4, 0.5) is 0 Å². The fourth-order valence-electron chi connectivity index (χ4n) is 4.73. The number of ether oxygens (including phenoxy) is 3. The van der Waals surface area contributed by atoms with E-state index in [2.05, 4.69) is 12.1 Å². The number of hydrogen-bond acceptors (Lipinski definition) is 8. The lowest BCUT2D eigenvalue weighted by Gasteiger charge is -2.17. The number of aromatic nitrogens is 1. The molecule has 3 aromatic rings. The number of hydrogen-bond donors (Lipinski definition) is 1. The van der Waals surface area contributed by atoms with E-state index in [1.807, 2.05) is 45.0 Å². The number of aliphatic hydroxyl groups excluding tert-OH is 1. The maximum absolute atomic E-state index is 12.6. The standard InChI is InChI=1S/C36H49NO7/c1-5-6-7-8-9-10-11-12-23-41-29-16-14-28(15-17-29)34-25-32(37-44-34)36(40)43-31-20-18-30(19-21-31)42-35(39)24-27(4)13-22-33(38)26(2)3/h14-21,25-27,33,38H,5-13,22-24H2,1-4H3/t27-,33+/m1/s1. The van der Waals surface area contributed by atoms with Crippen LogP contribution in [0.2, 0.25) is 0 Å². The number of unbranched alkanes of at least 4 members (excludes halogenated alkanes) is 7. The van der Waals surface area contributed by atoms with Crippen molar-refractivity contribution in [2.24, 2.45) is 11.8 Å². The van der Waals surface area contributed by atoms with E-state index >= 15 is 0 Å². The molecule has 2 aromatic carbocycles. The minimum absolute atomic E-state index is 0.0436. The van der Waals surface area contributed by atoms with E-state index in [4.69, 9.17) is 18.7 Å². The van der Waals surface area contributed by atoms with Crippen LogP contribution < -0.4 is 14.2 Å². The van der Waals surface area contributed by atoms with Crippen LogP contribution in [0.25, 0.3) is 11.3 Å². The molecule has 2 atom stereocenters. The van der Waals surface area contributed by atoms with Crippen molar-refractivity contribution in [2.45, 2.75) is 104 Å². The quantitative estimate of drug-likeness (QED) is 0.0771. The third kappa shape index (κ3) is 12.5. The Hall–Kier alpha value is -3.65. The number of benzene rings is 2. The molecule has 0 radical (unpaired) electrons. The summed E-state index contributed by atoms with van der Waals surface area (Å²) in [6.45, 7) is 8.85. The zero-order chi connectivity index (χ0) is 31.7. The van der Waals surface area contributed by atoms with E-state index in [0.29, 0.717) is 24.5 Å². The van der Waals surface area contributed by atoms with Gasteiger partial charge in [0.2, 0.25) is 0 Å². The number of nitrogens with zero attached hydrogens (tertiary/aromatic N) is 1. The molecule has 0 bridgehead atoms. The van der Waals surface area contributed by atoms with Crippen LogP contribution in [-0.2, 0) is 4.79 Å². The number of aliphatic hydroxyl groups is 1. The molecule has 0 unspecified atom stereocenters. The predicted octanol–water partition coefficient (Wildman–Crippen LogP) is 8.81.